The summed E-state index contributed by atoms with van der Waals surface area (Å²) in [5, 5.41) is 0. The first-order valence-corrected chi connectivity index (χ1v) is 6.08. The molecule has 0 atom stereocenters. The summed E-state index contributed by atoms with van der Waals surface area (Å²) >= 11 is 5.49. The lowest BCUT2D eigenvalue weighted by molar-refractivity contribution is 0.632. The maximum atomic E-state index is 5.56. The highest BCUT2D eigenvalue weighted by Gasteiger charge is 2.07. The van der Waals surface area contributed by atoms with E-state index < -0.39 is 0 Å². The molecule has 0 fully saturated rings. The zero-order chi connectivity index (χ0) is 11.5. The SMILES string of the molecule is CCn1c(=S)n(CCCN)c2ccccc21. The van der Waals surface area contributed by atoms with Gasteiger partial charge in [-0.25, -0.2) is 0 Å². The highest BCUT2D eigenvalue weighted by atomic mass is 32.1. The maximum Gasteiger partial charge on any atom is 0.180 e. The molecule has 2 rings (SSSR count). The highest BCUT2D eigenvalue weighted by Crippen LogP contribution is 2.18. The summed E-state index contributed by atoms with van der Waals surface area (Å²) in [6.07, 6.45) is 0.964. The molecule has 4 heteroatoms. The van der Waals surface area contributed by atoms with Crippen LogP contribution in [0.4, 0.5) is 0 Å². The van der Waals surface area contributed by atoms with Crippen molar-refractivity contribution in [2.45, 2.75) is 26.4 Å². The molecular weight excluding hydrogens is 218 g/mol. The largest absolute Gasteiger partial charge is 0.330 e. The van der Waals surface area contributed by atoms with Gasteiger partial charge < -0.3 is 14.9 Å². The average Bonchev–Trinajstić information content (AvgIpc) is 2.58. The predicted octanol–water partition coefficient (Wildman–Crippen LogP) is 2.54. The van der Waals surface area contributed by atoms with Gasteiger partial charge in [0.1, 0.15) is 0 Å². The second kappa shape index (κ2) is 4.80. The van der Waals surface area contributed by atoms with Gasteiger partial charge >= 0.3 is 0 Å². The molecule has 0 saturated heterocycles. The molecule has 0 saturated carbocycles. The van der Waals surface area contributed by atoms with E-state index in [2.05, 4.69) is 40.3 Å². The second-order valence-corrected chi connectivity index (χ2v) is 4.17. The van der Waals surface area contributed by atoms with E-state index in [1.807, 2.05) is 0 Å². The third kappa shape index (κ3) is 1.79. The number of hydrogen-bond donors (Lipinski definition) is 1. The highest BCUT2D eigenvalue weighted by molar-refractivity contribution is 7.71. The minimum Gasteiger partial charge on any atom is -0.330 e. The molecule has 2 aromatic rings. The minimum atomic E-state index is 0.702. The molecule has 0 amide bonds. The van der Waals surface area contributed by atoms with E-state index in [1.54, 1.807) is 0 Å². The molecule has 1 aromatic carbocycles. The van der Waals surface area contributed by atoms with Gasteiger partial charge in [-0.15, -0.1) is 0 Å². The van der Waals surface area contributed by atoms with Crippen molar-refractivity contribution in [3.8, 4) is 0 Å². The molecule has 0 bridgehead atoms. The third-order valence-electron chi connectivity index (χ3n) is 2.83. The topological polar surface area (TPSA) is 35.9 Å². The average molecular weight is 235 g/mol. The first-order valence-electron chi connectivity index (χ1n) is 5.67. The smallest absolute Gasteiger partial charge is 0.180 e. The summed E-state index contributed by atoms with van der Waals surface area (Å²) in [6.45, 7) is 4.64. The first-order chi connectivity index (χ1) is 7.79. The first kappa shape index (κ1) is 11.4. The zero-order valence-electron chi connectivity index (χ0n) is 9.52. The lowest BCUT2D eigenvalue weighted by Gasteiger charge is -2.02. The second-order valence-electron chi connectivity index (χ2n) is 3.81. The van der Waals surface area contributed by atoms with Crippen molar-refractivity contribution in [3.05, 3.63) is 29.0 Å². The van der Waals surface area contributed by atoms with Crippen LogP contribution >= 0.6 is 12.2 Å². The van der Waals surface area contributed by atoms with Gasteiger partial charge in [-0.3, -0.25) is 0 Å². The van der Waals surface area contributed by atoms with Crippen molar-refractivity contribution in [1.29, 1.82) is 0 Å². The van der Waals surface area contributed by atoms with Crippen LogP contribution in [0.3, 0.4) is 0 Å². The Morgan fingerprint density at radius 2 is 1.81 bits per heavy atom. The number of rotatable bonds is 4. The lowest BCUT2D eigenvalue weighted by atomic mass is 10.3. The van der Waals surface area contributed by atoms with Gasteiger partial charge in [-0.2, -0.15) is 0 Å². The van der Waals surface area contributed by atoms with Gasteiger partial charge in [0, 0.05) is 13.1 Å². The van der Waals surface area contributed by atoms with Crippen LogP contribution < -0.4 is 5.73 Å². The van der Waals surface area contributed by atoms with E-state index in [9.17, 15) is 0 Å². The van der Waals surface area contributed by atoms with E-state index >= 15 is 0 Å². The van der Waals surface area contributed by atoms with Crippen molar-refractivity contribution in [2.24, 2.45) is 5.73 Å². The molecule has 0 aliphatic heterocycles. The quantitative estimate of drug-likeness (QED) is 0.827. The normalized spacial score (nSPS) is 11.1. The minimum absolute atomic E-state index is 0.702. The van der Waals surface area contributed by atoms with Crippen molar-refractivity contribution >= 4 is 23.3 Å². The maximum absolute atomic E-state index is 5.56. The van der Waals surface area contributed by atoms with Crippen LogP contribution in [-0.4, -0.2) is 15.7 Å². The van der Waals surface area contributed by atoms with E-state index in [4.69, 9.17) is 18.0 Å². The summed E-state index contributed by atoms with van der Waals surface area (Å²) in [7, 11) is 0. The van der Waals surface area contributed by atoms with Crippen LogP contribution in [0.2, 0.25) is 0 Å². The van der Waals surface area contributed by atoms with Gasteiger partial charge in [0.25, 0.3) is 0 Å². The van der Waals surface area contributed by atoms with Gasteiger partial charge in [0.2, 0.25) is 0 Å². The fourth-order valence-corrected chi connectivity index (χ4v) is 2.46. The molecule has 0 aliphatic rings. The number of aryl methyl sites for hydroxylation is 2. The number of fused-ring (bicyclic) bond motifs is 1. The Balaban J connectivity index is 2.63. The van der Waals surface area contributed by atoms with Crippen molar-refractivity contribution in [2.75, 3.05) is 6.54 Å². The van der Waals surface area contributed by atoms with Crippen LogP contribution in [-0.2, 0) is 13.1 Å². The van der Waals surface area contributed by atoms with Gasteiger partial charge in [0.15, 0.2) is 4.77 Å². The third-order valence-corrected chi connectivity index (χ3v) is 3.27. The Kier molecular flexibility index (Phi) is 3.41. The van der Waals surface area contributed by atoms with Crippen LogP contribution in [0.5, 0.6) is 0 Å². The van der Waals surface area contributed by atoms with Gasteiger partial charge in [-0.05, 0) is 44.2 Å². The standard InChI is InChI=1S/C12H17N3S/c1-2-14-10-6-3-4-7-11(10)15(12(14)16)9-5-8-13/h3-4,6-7H,2,5,8-9,13H2,1H3. The molecule has 1 aromatic heterocycles. The Hall–Kier alpha value is -1.13. The predicted molar refractivity (Wildman–Crippen MR) is 70.1 cm³/mol. The molecule has 16 heavy (non-hydrogen) atoms. The Bertz CT molecular complexity index is 539. The summed E-state index contributed by atoms with van der Waals surface area (Å²) in [6, 6.07) is 8.34. The molecule has 2 N–H and O–H groups in total. The fourth-order valence-electron chi connectivity index (χ4n) is 2.04. The van der Waals surface area contributed by atoms with E-state index in [1.165, 1.54) is 11.0 Å². The zero-order valence-corrected chi connectivity index (χ0v) is 10.3. The van der Waals surface area contributed by atoms with Crippen LogP contribution in [0.15, 0.2) is 24.3 Å². The van der Waals surface area contributed by atoms with Crippen molar-refractivity contribution in [1.82, 2.24) is 9.13 Å². The number of nitrogens with two attached hydrogens (primary N) is 1. The molecule has 0 unspecified atom stereocenters. The Morgan fingerprint density at radius 3 is 2.38 bits per heavy atom. The van der Waals surface area contributed by atoms with Crippen molar-refractivity contribution in [3.63, 3.8) is 0 Å². The Morgan fingerprint density at radius 1 is 1.19 bits per heavy atom. The van der Waals surface area contributed by atoms with Gasteiger partial charge in [-0.1, -0.05) is 12.1 Å². The van der Waals surface area contributed by atoms with E-state index in [0.29, 0.717) is 6.54 Å². The monoisotopic (exact) mass is 235 g/mol. The summed E-state index contributed by atoms with van der Waals surface area (Å²) in [5.74, 6) is 0. The van der Waals surface area contributed by atoms with Crippen molar-refractivity contribution < 1.29 is 0 Å². The number of hydrogen-bond acceptors (Lipinski definition) is 2. The van der Waals surface area contributed by atoms with Gasteiger partial charge in [0.05, 0.1) is 11.0 Å². The molecule has 1 heterocycles. The van der Waals surface area contributed by atoms with Crippen LogP contribution in [0.25, 0.3) is 11.0 Å². The van der Waals surface area contributed by atoms with Crippen LogP contribution in [0.1, 0.15) is 13.3 Å². The molecular formula is C12H17N3S. The number of imidazole rings is 1. The van der Waals surface area contributed by atoms with E-state index in [-0.39, 0.29) is 0 Å². The summed E-state index contributed by atoms with van der Waals surface area (Å²) in [5.41, 5.74) is 7.98. The molecule has 0 radical (unpaired) electrons. The van der Waals surface area contributed by atoms with Crippen LogP contribution in [0, 0.1) is 4.77 Å². The molecule has 3 nitrogen and oxygen atoms in total. The lowest BCUT2D eigenvalue weighted by Crippen LogP contribution is -2.06. The number of nitrogens with zero attached hydrogens (tertiary/aromatic N) is 2. The number of benzene rings is 1. The Labute approximate surface area is 100 Å². The summed E-state index contributed by atoms with van der Waals surface area (Å²) in [4.78, 5) is 0. The van der Waals surface area contributed by atoms with E-state index in [0.717, 1.165) is 24.3 Å². The number of aromatic nitrogens is 2. The molecule has 0 spiro atoms. The summed E-state index contributed by atoms with van der Waals surface area (Å²) < 4.78 is 5.25. The number of para-hydroxylation sites is 2. The fraction of sp³-hybridized carbons (Fsp3) is 0.417. The molecule has 86 valence electrons. The molecule has 0 aliphatic carbocycles.